The van der Waals surface area contributed by atoms with E-state index in [4.69, 9.17) is 4.99 Å². The van der Waals surface area contributed by atoms with Crippen LogP contribution in [0.15, 0.2) is 29.3 Å². The normalized spacial score (nSPS) is 14.4. The van der Waals surface area contributed by atoms with Gasteiger partial charge in [-0.2, -0.15) is 0 Å². The van der Waals surface area contributed by atoms with Gasteiger partial charge in [0.15, 0.2) is 5.96 Å². The number of benzene rings is 1. The number of anilines is 1. The Morgan fingerprint density at radius 3 is 2.17 bits per heavy atom. The lowest BCUT2D eigenvalue weighted by atomic mass is 10.1. The van der Waals surface area contributed by atoms with Crippen LogP contribution in [0.25, 0.3) is 0 Å². The first kappa shape index (κ1) is 18.1. The number of para-hydroxylation sites is 1. The molecule has 2 rings (SSSR count). The van der Waals surface area contributed by atoms with Crippen LogP contribution in [-0.2, 0) is 11.3 Å². The summed E-state index contributed by atoms with van der Waals surface area (Å²) in [5.74, 6) is 1.11. The van der Waals surface area contributed by atoms with Crippen molar-refractivity contribution in [3.8, 4) is 0 Å². The molecule has 6 nitrogen and oxygen atoms in total. The largest absolute Gasteiger partial charge is 0.368 e. The molecule has 0 N–H and O–H groups in total. The number of amides is 1. The van der Waals surface area contributed by atoms with E-state index in [9.17, 15) is 4.79 Å². The number of aliphatic imine (C=N–C) groups is 1. The second-order valence-electron chi connectivity index (χ2n) is 6.53. The summed E-state index contributed by atoms with van der Waals surface area (Å²) in [4.78, 5) is 24.6. The summed E-state index contributed by atoms with van der Waals surface area (Å²) in [6.07, 6.45) is 0. The minimum atomic E-state index is 0.161. The fourth-order valence-electron chi connectivity index (χ4n) is 3.05. The minimum Gasteiger partial charge on any atom is -0.368 e. The van der Waals surface area contributed by atoms with Crippen LogP contribution in [0.5, 0.6) is 0 Å². The number of hydrogen-bond acceptors (Lipinski definition) is 3. The standard InChI is InChI=1S/C18H29N5O/c1-15(24)22-10-12-23(13-11-22)17-9-7-6-8-16(17)14-19-18(20(2)3)21(4)5/h6-9H,10-14H2,1-5H3. The Bertz CT molecular complexity index is 579. The van der Waals surface area contributed by atoms with Crippen molar-refractivity contribution in [2.24, 2.45) is 4.99 Å². The molecule has 1 heterocycles. The van der Waals surface area contributed by atoms with E-state index in [1.165, 1.54) is 11.3 Å². The molecule has 24 heavy (non-hydrogen) atoms. The first-order chi connectivity index (χ1) is 11.4. The molecule has 0 saturated carbocycles. The van der Waals surface area contributed by atoms with Crippen molar-refractivity contribution in [3.05, 3.63) is 29.8 Å². The Morgan fingerprint density at radius 2 is 1.62 bits per heavy atom. The second-order valence-corrected chi connectivity index (χ2v) is 6.53. The average molecular weight is 331 g/mol. The molecule has 1 amide bonds. The molecule has 0 aliphatic carbocycles. The molecule has 132 valence electrons. The van der Waals surface area contributed by atoms with E-state index in [1.54, 1.807) is 6.92 Å². The van der Waals surface area contributed by atoms with Gasteiger partial charge in [-0.15, -0.1) is 0 Å². The van der Waals surface area contributed by atoms with Gasteiger partial charge in [0, 0.05) is 67.0 Å². The molecule has 6 heteroatoms. The minimum absolute atomic E-state index is 0.161. The van der Waals surface area contributed by atoms with Gasteiger partial charge in [0.1, 0.15) is 0 Å². The highest BCUT2D eigenvalue weighted by molar-refractivity contribution is 5.79. The first-order valence-electron chi connectivity index (χ1n) is 8.37. The maximum Gasteiger partial charge on any atom is 0.219 e. The van der Waals surface area contributed by atoms with Crippen LogP contribution in [0.2, 0.25) is 0 Å². The first-order valence-corrected chi connectivity index (χ1v) is 8.37. The summed E-state index contributed by atoms with van der Waals surface area (Å²) in [5.41, 5.74) is 2.44. The van der Waals surface area contributed by atoms with E-state index in [0.29, 0.717) is 6.54 Å². The van der Waals surface area contributed by atoms with E-state index >= 15 is 0 Å². The Labute approximate surface area is 145 Å². The molecule has 1 fully saturated rings. The van der Waals surface area contributed by atoms with Crippen molar-refractivity contribution in [2.75, 3.05) is 59.3 Å². The predicted octanol–water partition coefficient (Wildman–Crippen LogP) is 1.33. The summed E-state index contributed by atoms with van der Waals surface area (Å²) >= 11 is 0. The predicted molar refractivity (Wildman–Crippen MR) is 99.4 cm³/mol. The third kappa shape index (κ3) is 4.40. The molecular weight excluding hydrogens is 302 g/mol. The van der Waals surface area contributed by atoms with Gasteiger partial charge in [-0.05, 0) is 11.6 Å². The van der Waals surface area contributed by atoms with Gasteiger partial charge >= 0.3 is 0 Å². The van der Waals surface area contributed by atoms with Crippen LogP contribution in [0.1, 0.15) is 12.5 Å². The SMILES string of the molecule is CC(=O)N1CCN(c2ccccc2CN=C(N(C)C)N(C)C)CC1. The molecule has 1 aliphatic rings. The van der Waals surface area contributed by atoms with E-state index in [0.717, 1.165) is 32.1 Å². The van der Waals surface area contributed by atoms with Crippen LogP contribution < -0.4 is 4.90 Å². The third-order valence-electron chi connectivity index (χ3n) is 4.25. The molecule has 0 bridgehead atoms. The van der Waals surface area contributed by atoms with Crippen molar-refractivity contribution in [3.63, 3.8) is 0 Å². The zero-order valence-electron chi connectivity index (χ0n) is 15.5. The van der Waals surface area contributed by atoms with Crippen molar-refractivity contribution in [1.29, 1.82) is 0 Å². The van der Waals surface area contributed by atoms with Gasteiger partial charge in [0.25, 0.3) is 0 Å². The number of carbonyl (C=O) groups excluding carboxylic acids is 1. The monoisotopic (exact) mass is 331 g/mol. The Kier molecular flexibility index (Phi) is 6.06. The van der Waals surface area contributed by atoms with Crippen LogP contribution in [0, 0.1) is 0 Å². The van der Waals surface area contributed by atoms with Crippen molar-refractivity contribution < 1.29 is 4.79 Å². The fourth-order valence-corrected chi connectivity index (χ4v) is 3.05. The molecule has 0 atom stereocenters. The van der Waals surface area contributed by atoms with Crippen molar-refractivity contribution in [1.82, 2.24) is 14.7 Å². The van der Waals surface area contributed by atoms with Crippen LogP contribution in [0.4, 0.5) is 5.69 Å². The van der Waals surface area contributed by atoms with Gasteiger partial charge < -0.3 is 19.6 Å². The molecule has 1 aromatic carbocycles. The van der Waals surface area contributed by atoms with E-state index in [-0.39, 0.29) is 5.91 Å². The zero-order valence-corrected chi connectivity index (χ0v) is 15.5. The Morgan fingerprint density at radius 1 is 1.04 bits per heavy atom. The highest BCUT2D eigenvalue weighted by Gasteiger charge is 2.20. The summed E-state index contributed by atoms with van der Waals surface area (Å²) in [6.45, 7) is 5.60. The molecule has 0 unspecified atom stereocenters. The zero-order chi connectivity index (χ0) is 17.7. The summed E-state index contributed by atoms with van der Waals surface area (Å²) in [5, 5.41) is 0. The quantitative estimate of drug-likeness (QED) is 0.619. The van der Waals surface area contributed by atoms with Gasteiger partial charge in [-0.3, -0.25) is 4.79 Å². The summed E-state index contributed by atoms with van der Waals surface area (Å²) in [6, 6.07) is 8.42. The Hall–Kier alpha value is -2.24. The third-order valence-corrected chi connectivity index (χ3v) is 4.25. The topological polar surface area (TPSA) is 42.4 Å². The highest BCUT2D eigenvalue weighted by Crippen LogP contribution is 2.23. The number of piperazine rings is 1. The van der Waals surface area contributed by atoms with Crippen LogP contribution in [0.3, 0.4) is 0 Å². The van der Waals surface area contributed by atoms with E-state index < -0.39 is 0 Å². The maximum atomic E-state index is 11.5. The molecule has 1 saturated heterocycles. The average Bonchev–Trinajstić information content (AvgIpc) is 2.55. The van der Waals surface area contributed by atoms with Gasteiger partial charge in [-0.1, -0.05) is 18.2 Å². The smallest absolute Gasteiger partial charge is 0.219 e. The molecule has 0 radical (unpaired) electrons. The number of rotatable bonds is 3. The molecule has 0 aromatic heterocycles. The number of carbonyl (C=O) groups is 1. The molecular formula is C18H29N5O. The molecule has 0 spiro atoms. The van der Waals surface area contributed by atoms with Gasteiger partial charge in [-0.25, -0.2) is 4.99 Å². The number of hydrogen-bond donors (Lipinski definition) is 0. The summed E-state index contributed by atoms with van der Waals surface area (Å²) < 4.78 is 0. The lowest BCUT2D eigenvalue weighted by Gasteiger charge is -2.36. The summed E-state index contributed by atoms with van der Waals surface area (Å²) in [7, 11) is 8.02. The molecule has 1 aromatic rings. The van der Waals surface area contributed by atoms with Crippen LogP contribution >= 0.6 is 0 Å². The fraction of sp³-hybridized carbons (Fsp3) is 0.556. The maximum absolute atomic E-state index is 11.5. The number of guanidine groups is 1. The van der Waals surface area contributed by atoms with E-state index in [2.05, 4.69) is 29.2 Å². The van der Waals surface area contributed by atoms with Crippen LogP contribution in [-0.4, -0.2) is 80.9 Å². The lowest BCUT2D eigenvalue weighted by Crippen LogP contribution is -2.48. The van der Waals surface area contributed by atoms with Crippen molar-refractivity contribution in [2.45, 2.75) is 13.5 Å². The lowest BCUT2D eigenvalue weighted by molar-refractivity contribution is -0.129. The highest BCUT2D eigenvalue weighted by atomic mass is 16.2. The second kappa shape index (κ2) is 8.04. The van der Waals surface area contributed by atoms with Crippen molar-refractivity contribution >= 4 is 17.6 Å². The van der Waals surface area contributed by atoms with Gasteiger partial charge in [0.2, 0.25) is 5.91 Å². The number of nitrogens with zero attached hydrogens (tertiary/aromatic N) is 5. The Balaban J connectivity index is 2.14. The van der Waals surface area contributed by atoms with Gasteiger partial charge in [0.05, 0.1) is 6.54 Å². The molecule has 1 aliphatic heterocycles. The van der Waals surface area contributed by atoms with E-state index in [1.807, 2.05) is 42.9 Å².